The summed E-state index contributed by atoms with van der Waals surface area (Å²) in [4.78, 5) is 10.8. The average molecular weight is 327 g/mol. The summed E-state index contributed by atoms with van der Waals surface area (Å²) >= 11 is 0. The maximum absolute atomic E-state index is 12.2. The number of nitrogens with one attached hydrogen (secondary N) is 1. The molecule has 118 valence electrons. The van der Waals surface area contributed by atoms with Crippen LogP contribution in [0.25, 0.3) is 0 Å². The predicted molar refractivity (Wildman–Crippen MR) is 64.6 cm³/mol. The molecule has 0 saturated carbocycles. The van der Waals surface area contributed by atoms with Crippen molar-refractivity contribution in [2.24, 2.45) is 0 Å². The van der Waals surface area contributed by atoms with Gasteiger partial charge in [0.2, 0.25) is 0 Å². The van der Waals surface area contributed by atoms with Crippen LogP contribution in [0.2, 0.25) is 0 Å². The van der Waals surface area contributed by atoms with Gasteiger partial charge >= 0.3 is 12.0 Å². The third kappa shape index (κ3) is 3.93. The Morgan fingerprint density at radius 3 is 2.10 bits per heavy atom. The quantitative estimate of drug-likeness (QED) is 0.680. The number of sulfone groups is 1. The van der Waals surface area contributed by atoms with E-state index in [1.54, 1.807) is 6.92 Å². The first-order valence-corrected chi connectivity index (χ1v) is 7.12. The van der Waals surface area contributed by atoms with Gasteiger partial charge < -0.3 is 15.5 Å². The predicted octanol–water partition coefficient (Wildman–Crippen LogP) is 0.0856. The van der Waals surface area contributed by atoms with E-state index in [0.29, 0.717) is 0 Å². The number of carbonyl (C=O) groups excluding carboxylic acids is 1. The van der Waals surface area contributed by atoms with Crippen molar-refractivity contribution in [3.05, 3.63) is 29.8 Å². The van der Waals surface area contributed by atoms with Crippen LogP contribution in [0.5, 0.6) is 0 Å². The number of benzene rings is 1. The first kappa shape index (κ1) is 17.4. The molecule has 10 heteroatoms. The lowest BCUT2D eigenvalue weighted by Crippen LogP contribution is -2.57. The first-order chi connectivity index (χ1) is 9.38. The Hall–Kier alpha value is -1.65. The Morgan fingerprint density at radius 1 is 1.19 bits per heavy atom. The highest BCUT2D eigenvalue weighted by Crippen LogP contribution is 2.28. The number of hydrogen-bond acceptors (Lipinski definition) is 5. The van der Waals surface area contributed by atoms with Crippen LogP contribution >= 0.6 is 0 Å². The van der Waals surface area contributed by atoms with Gasteiger partial charge in [0, 0.05) is 0 Å². The Balaban J connectivity index is 2.83. The summed E-state index contributed by atoms with van der Waals surface area (Å²) in [7, 11) is -4.10. The van der Waals surface area contributed by atoms with Crippen LogP contribution in [0.4, 0.5) is 13.2 Å². The second-order valence-electron chi connectivity index (χ2n) is 4.25. The molecule has 0 heterocycles. The van der Waals surface area contributed by atoms with E-state index in [1.807, 2.05) is 0 Å². The third-order valence-electron chi connectivity index (χ3n) is 2.51. The van der Waals surface area contributed by atoms with Gasteiger partial charge in [0.1, 0.15) is 5.88 Å². The van der Waals surface area contributed by atoms with E-state index in [-0.39, 0.29) is 4.90 Å². The normalized spacial score (nSPS) is 13.0. The molecule has 3 N–H and O–H groups in total. The molecule has 0 aliphatic rings. The Labute approximate surface area is 118 Å². The summed E-state index contributed by atoms with van der Waals surface area (Å²) in [6, 6.07) is 5.36. The van der Waals surface area contributed by atoms with Crippen LogP contribution in [0.3, 0.4) is 0 Å². The first-order valence-electron chi connectivity index (χ1n) is 5.47. The lowest BCUT2D eigenvalue weighted by Gasteiger charge is -2.22. The van der Waals surface area contributed by atoms with Crippen LogP contribution in [0, 0.1) is 6.92 Å². The SMILES string of the molecule is Cc1ccc(S(=O)(=O)CNC(=O)C(O)(O)C(F)(F)F)cc1. The molecule has 6 nitrogen and oxygen atoms in total. The van der Waals surface area contributed by atoms with Crippen LogP contribution in [-0.2, 0) is 14.6 Å². The van der Waals surface area contributed by atoms with Gasteiger partial charge in [0.05, 0.1) is 4.90 Å². The molecule has 1 rings (SSSR count). The fourth-order valence-electron chi connectivity index (χ4n) is 1.24. The second-order valence-corrected chi connectivity index (χ2v) is 6.24. The van der Waals surface area contributed by atoms with Crippen LogP contribution in [0.15, 0.2) is 29.2 Å². The van der Waals surface area contributed by atoms with Gasteiger partial charge in [-0.2, -0.15) is 13.2 Å². The number of rotatable bonds is 4. The van der Waals surface area contributed by atoms with Gasteiger partial charge in [-0.05, 0) is 19.1 Å². The standard InChI is InChI=1S/C11H12F3NO5S/c1-7-2-4-8(5-3-7)21(19,20)6-15-9(16)10(17,18)11(12,13)14/h2-5,17-18H,6H2,1H3,(H,15,16). The maximum atomic E-state index is 12.2. The third-order valence-corrected chi connectivity index (χ3v) is 4.03. The Bertz CT molecular complexity index is 622. The van der Waals surface area contributed by atoms with Crippen molar-refractivity contribution in [3.63, 3.8) is 0 Å². The number of halogens is 3. The van der Waals surface area contributed by atoms with E-state index in [1.165, 1.54) is 29.6 Å². The summed E-state index contributed by atoms with van der Waals surface area (Å²) in [5.74, 6) is -8.13. The van der Waals surface area contributed by atoms with Gasteiger partial charge in [0.25, 0.3) is 5.91 Å². The molecule has 1 aromatic rings. The van der Waals surface area contributed by atoms with Crippen molar-refractivity contribution in [2.75, 3.05) is 5.88 Å². The summed E-state index contributed by atoms with van der Waals surface area (Å²) in [6.07, 6.45) is -5.65. The van der Waals surface area contributed by atoms with Gasteiger partial charge in [-0.1, -0.05) is 17.7 Å². The molecule has 0 unspecified atom stereocenters. The molecule has 0 aliphatic carbocycles. The average Bonchev–Trinajstić information content (AvgIpc) is 2.35. The molecule has 0 aliphatic heterocycles. The second kappa shape index (κ2) is 5.62. The van der Waals surface area contributed by atoms with Crippen molar-refractivity contribution in [3.8, 4) is 0 Å². The highest BCUT2D eigenvalue weighted by atomic mass is 32.2. The van der Waals surface area contributed by atoms with Crippen molar-refractivity contribution in [1.82, 2.24) is 5.32 Å². The van der Waals surface area contributed by atoms with Crippen molar-refractivity contribution in [1.29, 1.82) is 0 Å². The summed E-state index contributed by atoms with van der Waals surface area (Å²) in [5, 5.41) is 18.6. The van der Waals surface area contributed by atoms with Crippen LogP contribution < -0.4 is 5.32 Å². The maximum Gasteiger partial charge on any atom is 0.453 e. The molecule has 0 radical (unpaired) electrons. The number of aryl methyl sites for hydroxylation is 1. The molecule has 21 heavy (non-hydrogen) atoms. The van der Waals surface area contributed by atoms with Crippen molar-refractivity contribution >= 4 is 15.7 Å². The zero-order valence-electron chi connectivity index (χ0n) is 10.7. The van der Waals surface area contributed by atoms with Gasteiger partial charge in [-0.15, -0.1) is 0 Å². The fourth-order valence-corrected chi connectivity index (χ4v) is 2.28. The largest absolute Gasteiger partial charge is 0.453 e. The van der Waals surface area contributed by atoms with E-state index < -0.39 is 33.6 Å². The molecule has 0 saturated heterocycles. The molecule has 1 amide bonds. The molecule has 0 atom stereocenters. The monoisotopic (exact) mass is 327 g/mol. The minimum Gasteiger partial charge on any atom is -0.351 e. The number of carbonyl (C=O) groups is 1. The van der Waals surface area contributed by atoms with Gasteiger partial charge in [-0.3, -0.25) is 4.79 Å². The van der Waals surface area contributed by atoms with Gasteiger partial charge in [0.15, 0.2) is 9.84 Å². The number of alkyl halides is 3. The fraction of sp³-hybridized carbons (Fsp3) is 0.364. The molecule has 0 bridgehead atoms. The van der Waals surface area contributed by atoms with E-state index in [4.69, 9.17) is 10.2 Å². The lowest BCUT2D eigenvalue weighted by atomic mass is 10.2. The smallest absolute Gasteiger partial charge is 0.351 e. The van der Waals surface area contributed by atoms with E-state index in [0.717, 1.165) is 5.56 Å². The van der Waals surface area contributed by atoms with Crippen molar-refractivity contribution < 1.29 is 36.6 Å². The number of aliphatic hydroxyl groups is 2. The summed E-state index contributed by atoms with van der Waals surface area (Å²) in [5.41, 5.74) is 0.764. The van der Waals surface area contributed by atoms with Crippen molar-refractivity contribution in [2.45, 2.75) is 23.8 Å². The van der Waals surface area contributed by atoms with E-state index in [9.17, 15) is 26.4 Å². The minimum atomic E-state index is -5.65. The summed E-state index contributed by atoms with van der Waals surface area (Å²) < 4.78 is 60.0. The lowest BCUT2D eigenvalue weighted by molar-refractivity contribution is -0.328. The summed E-state index contributed by atoms with van der Waals surface area (Å²) in [6.45, 7) is 1.70. The molecule has 0 fully saturated rings. The highest BCUT2D eigenvalue weighted by molar-refractivity contribution is 7.91. The Morgan fingerprint density at radius 2 is 1.67 bits per heavy atom. The molecule has 0 spiro atoms. The Kier molecular flexibility index (Phi) is 4.66. The molecular weight excluding hydrogens is 315 g/mol. The van der Waals surface area contributed by atoms with E-state index >= 15 is 0 Å². The van der Waals surface area contributed by atoms with Crippen LogP contribution in [0.1, 0.15) is 5.56 Å². The van der Waals surface area contributed by atoms with E-state index in [2.05, 4.69) is 0 Å². The minimum absolute atomic E-state index is 0.220. The number of amides is 1. The number of hydrogen-bond donors (Lipinski definition) is 3. The molecular formula is C11H12F3NO5S. The molecule has 1 aromatic carbocycles. The topological polar surface area (TPSA) is 104 Å². The van der Waals surface area contributed by atoms with Crippen LogP contribution in [-0.4, -0.2) is 42.4 Å². The zero-order valence-corrected chi connectivity index (χ0v) is 11.5. The highest BCUT2D eigenvalue weighted by Gasteiger charge is 2.59. The van der Waals surface area contributed by atoms with Gasteiger partial charge in [-0.25, -0.2) is 8.42 Å². The zero-order chi connectivity index (χ0) is 16.5. The molecule has 0 aromatic heterocycles.